The summed E-state index contributed by atoms with van der Waals surface area (Å²) < 4.78 is 0. The molecule has 0 amide bonds. The van der Waals surface area contributed by atoms with Crippen molar-refractivity contribution >= 4 is 0 Å². The van der Waals surface area contributed by atoms with Crippen molar-refractivity contribution < 1.29 is 5.11 Å². The quantitative estimate of drug-likeness (QED) is 0.755. The maximum atomic E-state index is 9.95. The molecule has 0 radical (unpaired) electrons. The van der Waals surface area contributed by atoms with Crippen LogP contribution in [-0.4, -0.2) is 29.7 Å². The van der Waals surface area contributed by atoms with Crippen LogP contribution in [0.15, 0.2) is 24.3 Å². The smallest absolute Gasteiger partial charge is 0.0749 e. The predicted octanol–water partition coefficient (Wildman–Crippen LogP) is 0.883. The molecule has 3 heteroatoms. The Kier molecular flexibility index (Phi) is 3.05. The van der Waals surface area contributed by atoms with Crippen LogP contribution in [0.3, 0.4) is 0 Å². The van der Waals surface area contributed by atoms with E-state index >= 15 is 0 Å². The Hall–Kier alpha value is -0.900. The number of likely N-dealkylation sites (tertiary alicyclic amines) is 1. The zero-order valence-corrected chi connectivity index (χ0v) is 9.06. The van der Waals surface area contributed by atoms with Gasteiger partial charge in [0.2, 0.25) is 0 Å². The third-order valence-electron chi connectivity index (χ3n) is 3.21. The maximum absolute atomic E-state index is 9.95. The van der Waals surface area contributed by atoms with Gasteiger partial charge in [0.05, 0.1) is 12.1 Å². The van der Waals surface area contributed by atoms with E-state index in [2.05, 4.69) is 11.0 Å². The van der Waals surface area contributed by atoms with E-state index in [9.17, 15) is 5.11 Å². The lowest BCUT2D eigenvalue weighted by Gasteiger charge is -2.24. The van der Waals surface area contributed by atoms with Crippen molar-refractivity contribution in [1.29, 1.82) is 0 Å². The number of rotatable bonds is 2. The Bertz CT molecular complexity index is 330. The molecule has 0 saturated carbocycles. The molecule has 1 aliphatic rings. The lowest BCUT2D eigenvalue weighted by Crippen LogP contribution is -2.25. The van der Waals surface area contributed by atoms with Crippen molar-refractivity contribution in [1.82, 2.24) is 4.90 Å². The molecule has 0 aliphatic carbocycles. The molecule has 2 atom stereocenters. The van der Waals surface area contributed by atoms with Crippen molar-refractivity contribution in [2.45, 2.75) is 25.1 Å². The van der Waals surface area contributed by atoms with Crippen LogP contribution in [-0.2, 0) is 6.54 Å². The highest BCUT2D eigenvalue weighted by molar-refractivity contribution is 5.31. The summed E-state index contributed by atoms with van der Waals surface area (Å²) >= 11 is 0. The minimum atomic E-state index is -0.261. The van der Waals surface area contributed by atoms with E-state index in [0.717, 1.165) is 18.5 Å². The minimum Gasteiger partial charge on any atom is -0.391 e. The average molecular weight is 206 g/mol. The molecule has 1 saturated heterocycles. The van der Waals surface area contributed by atoms with E-state index in [1.54, 1.807) is 0 Å². The van der Waals surface area contributed by atoms with Crippen molar-refractivity contribution in [3.05, 3.63) is 35.4 Å². The maximum Gasteiger partial charge on any atom is 0.0749 e. The highest BCUT2D eigenvalue weighted by atomic mass is 16.3. The number of nitrogens with two attached hydrogens (primary N) is 1. The molecule has 3 N–H and O–H groups in total. The fraction of sp³-hybridized carbons (Fsp3) is 0.500. The number of likely N-dealkylation sites (N-methyl/N-ethyl adjacent to an activating group) is 1. The van der Waals surface area contributed by atoms with Gasteiger partial charge in [-0.3, -0.25) is 4.90 Å². The van der Waals surface area contributed by atoms with Crippen LogP contribution in [0.2, 0.25) is 0 Å². The second-order valence-corrected chi connectivity index (χ2v) is 4.18. The minimum absolute atomic E-state index is 0.116. The Labute approximate surface area is 90.5 Å². The van der Waals surface area contributed by atoms with E-state index in [4.69, 9.17) is 5.73 Å². The lowest BCUT2D eigenvalue weighted by atomic mass is 9.97. The van der Waals surface area contributed by atoms with Crippen LogP contribution in [0, 0.1) is 0 Å². The molecule has 2 unspecified atom stereocenters. The molecule has 1 aliphatic heterocycles. The number of benzene rings is 1. The fourth-order valence-corrected chi connectivity index (χ4v) is 2.38. The van der Waals surface area contributed by atoms with Gasteiger partial charge in [-0.1, -0.05) is 24.3 Å². The summed E-state index contributed by atoms with van der Waals surface area (Å²) in [6.45, 7) is 1.48. The number of aliphatic hydroxyl groups excluding tert-OH is 1. The second kappa shape index (κ2) is 4.31. The van der Waals surface area contributed by atoms with Crippen LogP contribution in [0.25, 0.3) is 0 Å². The van der Waals surface area contributed by atoms with Gasteiger partial charge in [0.25, 0.3) is 0 Å². The summed E-state index contributed by atoms with van der Waals surface area (Å²) in [4.78, 5) is 2.19. The van der Waals surface area contributed by atoms with Crippen LogP contribution in [0.1, 0.15) is 23.6 Å². The Morgan fingerprint density at radius 3 is 2.80 bits per heavy atom. The van der Waals surface area contributed by atoms with Gasteiger partial charge in [-0.15, -0.1) is 0 Å². The van der Waals surface area contributed by atoms with Crippen LogP contribution >= 0.6 is 0 Å². The molecule has 15 heavy (non-hydrogen) atoms. The summed E-state index contributed by atoms with van der Waals surface area (Å²) in [6, 6.07) is 8.22. The van der Waals surface area contributed by atoms with Gasteiger partial charge in [0, 0.05) is 13.1 Å². The normalized spacial score (nSPS) is 27.1. The topological polar surface area (TPSA) is 49.5 Å². The highest BCUT2D eigenvalue weighted by Crippen LogP contribution is 2.32. The van der Waals surface area contributed by atoms with Crippen LogP contribution in [0.5, 0.6) is 0 Å². The van der Waals surface area contributed by atoms with E-state index < -0.39 is 0 Å². The zero-order valence-electron chi connectivity index (χ0n) is 9.06. The van der Waals surface area contributed by atoms with Gasteiger partial charge in [-0.25, -0.2) is 0 Å². The van der Waals surface area contributed by atoms with Gasteiger partial charge in [0.1, 0.15) is 0 Å². The lowest BCUT2D eigenvalue weighted by molar-refractivity contribution is 0.127. The van der Waals surface area contributed by atoms with Gasteiger partial charge in [0.15, 0.2) is 0 Å². The first-order chi connectivity index (χ1) is 7.24. The molecule has 1 heterocycles. The summed E-state index contributed by atoms with van der Waals surface area (Å²) in [5.74, 6) is 0. The third kappa shape index (κ3) is 1.91. The van der Waals surface area contributed by atoms with Crippen molar-refractivity contribution in [2.24, 2.45) is 5.73 Å². The zero-order chi connectivity index (χ0) is 10.8. The van der Waals surface area contributed by atoms with Gasteiger partial charge in [-0.2, -0.15) is 0 Å². The monoisotopic (exact) mass is 206 g/mol. The molecule has 1 aromatic rings. The predicted molar refractivity (Wildman–Crippen MR) is 60.3 cm³/mol. The van der Waals surface area contributed by atoms with Crippen LogP contribution in [0.4, 0.5) is 0 Å². The summed E-state index contributed by atoms with van der Waals surface area (Å²) in [5, 5.41) is 9.95. The molecule has 1 aromatic carbocycles. The Balaban J connectivity index is 2.35. The van der Waals surface area contributed by atoms with Gasteiger partial charge >= 0.3 is 0 Å². The summed E-state index contributed by atoms with van der Waals surface area (Å²) in [7, 11) is 2.05. The van der Waals surface area contributed by atoms with Gasteiger partial charge in [-0.05, 0) is 24.6 Å². The van der Waals surface area contributed by atoms with E-state index in [-0.39, 0.29) is 12.1 Å². The number of hydrogen-bond acceptors (Lipinski definition) is 3. The molecule has 82 valence electrons. The first kappa shape index (κ1) is 10.6. The van der Waals surface area contributed by atoms with Crippen molar-refractivity contribution in [3.8, 4) is 0 Å². The highest BCUT2D eigenvalue weighted by Gasteiger charge is 2.32. The largest absolute Gasteiger partial charge is 0.391 e. The van der Waals surface area contributed by atoms with E-state index in [0.29, 0.717) is 6.54 Å². The standard InChI is InChI=1S/C12H18N2O/c1-14-7-6-11(15)12(14)10-5-3-2-4-9(10)8-13/h2-5,11-12,15H,6-8,13H2,1H3. The van der Waals surface area contributed by atoms with Crippen LogP contribution < -0.4 is 5.73 Å². The summed E-state index contributed by atoms with van der Waals surface area (Å²) in [6.07, 6.45) is 0.586. The number of nitrogens with zero attached hydrogens (tertiary/aromatic N) is 1. The molecule has 1 fully saturated rings. The van der Waals surface area contributed by atoms with Gasteiger partial charge < -0.3 is 10.8 Å². The molecule has 2 rings (SSSR count). The molecule has 3 nitrogen and oxygen atoms in total. The van der Waals surface area contributed by atoms with Crippen molar-refractivity contribution in [2.75, 3.05) is 13.6 Å². The summed E-state index contributed by atoms with van der Waals surface area (Å²) in [5.41, 5.74) is 8.02. The Morgan fingerprint density at radius 1 is 1.47 bits per heavy atom. The Morgan fingerprint density at radius 2 is 2.20 bits per heavy atom. The van der Waals surface area contributed by atoms with E-state index in [1.807, 2.05) is 25.2 Å². The van der Waals surface area contributed by atoms with Crippen molar-refractivity contribution in [3.63, 3.8) is 0 Å². The SMILES string of the molecule is CN1CCC(O)C1c1ccccc1CN. The fourth-order valence-electron chi connectivity index (χ4n) is 2.38. The van der Waals surface area contributed by atoms with E-state index in [1.165, 1.54) is 5.56 Å². The second-order valence-electron chi connectivity index (χ2n) is 4.18. The molecule has 0 aromatic heterocycles. The number of aliphatic hydroxyl groups is 1. The number of hydrogen-bond donors (Lipinski definition) is 2. The first-order valence-electron chi connectivity index (χ1n) is 5.40. The molecular formula is C12H18N2O. The first-order valence-corrected chi connectivity index (χ1v) is 5.40. The average Bonchev–Trinajstić information content (AvgIpc) is 2.59. The third-order valence-corrected chi connectivity index (χ3v) is 3.21. The molecule has 0 spiro atoms. The molecule has 0 bridgehead atoms. The molecular weight excluding hydrogens is 188 g/mol.